The van der Waals surface area contributed by atoms with Crippen molar-refractivity contribution in [2.75, 3.05) is 0 Å². The molecule has 1 saturated heterocycles. The van der Waals surface area contributed by atoms with E-state index in [0.717, 1.165) is 16.5 Å². The Hall–Kier alpha value is -3.59. The summed E-state index contributed by atoms with van der Waals surface area (Å²) in [6, 6.07) is 15.9. The van der Waals surface area contributed by atoms with E-state index in [9.17, 15) is 14.9 Å². The highest BCUT2D eigenvalue weighted by Gasteiger charge is 2.38. The second kappa shape index (κ2) is 6.37. The number of hydrogen-bond acceptors (Lipinski definition) is 3. The number of nitrogens with zero attached hydrogens (tertiary/aromatic N) is 2. The van der Waals surface area contributed by atoms with Gasteiger partial charge in [-0.05, 0) is 23.3 Å². The molecule has 2 heterocycles. The van der Waals surface area contributed by atoms with Crippen LogP contribution in [0.5, 0.6) is 0 Å². The molecule has 6 heteroatoms. The van der Waals surface area contributed by atoms with Crippen LogP contribution in [0.1, 0.15) is 16.7 Å². The number of H-pyrrole nitrogens is 1. The van der Waals surface area contributed by atoms with Gasteiger partial charge in [-0.25, -0.2) is 4.79 Å². The van der Waals surface area contributed by atoms with Crippen molar-refractivity contribution < 1.29 is 9.59 Å². The molecule has 1 aromatic heterocycles. The van der Waals surface area contributed by atoms with Crippen LogP contribution in [-0.4, -0.2) is 27.9 Å². The number of aromatic amines is 1. The largest absolute Gasteiger partial charge is 0.361 e. The molecule has 0 saturated carbocycles. The maximum absolute atomic E-state index is 12.7. The van der Waals surface area contributed by atoms with Crippen LogP contribution >= 0.6 is 0 Å². The number of imide groups is 1. The zero-order valence-electron chi connectivity index (χ0n) is 13.9. The molecule has 0 unspecified atom stereocenters. The Balaban J connectivity index is 1.55. The molecule has 128 valence electrons. The second-order valence-corrected chi connectivity index (χ2v) is 6.26. The van der Waals surface area contributed by atoms with Crippen LogP contribution in [0.4, 0.5) is 4.79 Å². The highest BCUT2D eigenvalue weighted by Crippen LogP contribution is 2.22. The van der Waals surface area contributed by atoms with E-state index < -0.39 is 12.1 Å². The van der Waals surface area contributed by atoms with Gasteiger partial charge in [0.2, 0.25) is 0 Å². The van der Waals surface area contributed by atoms with E-state index in [0.29, 0.717) is 17.5 Å². The van der Waals surface area contributed by atoms with Gasteiger partial charge in [-0.2, -0.15) is 5.26 Å². The fourth-order valence-electron chi connectivity index (χ4n) is 3.32. The Morgan fingerprint density at radius 2 is 1.81 bits per heavy atom. The minimum Gasteiger partial charge on any atom is -0.361 e. The summed E-state index contributed by atoms with van der Waals surface area (Å²) in [5.74, 6) is -0.270. The van der Waals surface area contributed by atoms with Crippen LogP contribution in [0.25, 0.3) is 10.9 Å². The van der Waals surface area contributed by atoms with E-state index in [-0.39, 0.29) is 12.5 Å². The number of nitrogens with one attached hydrogen (secondary N) is 2. The first-order valence-corrected chi connectivity index (χ1v) is 8.32. The van der Waals surface area contributed by atoms with Gasteiger partial charge >= 0.3 is 6.03 Å². The number of fused-ring (bicyclic) bond motifs is 1. The number of urea groups is 1. The zero-order chi connectivity index (χ0) is 18.1. The summed E-state index contributed by atoms with van der Waals surface area (Å²) >= 11 is 0. The van der Waals surface area contributed by atoms with Crippen LogP contribution in [-0.2, 0) is 17.8 Å². The number of rotatable bonds is 4. The molecular weight excluding hydrogens is 328 g/mol. The maximum atomic E-state index is 12.7. The molecule has 0 aliphatic carbocycles. The molecule has 2 aromatic carbocycles. The quantitative estimate of drug-likeness (QED) is 0.713. The molecule has 6 nitrogen and oxygen atoms in total. The number of nitriles is 1. The third-order valence-corrected chi connectivity index (χ3v) is 4.67. The van der Waals surface area contributed by atoms with E-state index in [2.05, 4.69) is 16.4 Å². The molecule has 1 aliphatic rings. The molecule has 2 N–H and O–H groups in total. The number of aromatic nitrogens is 1. The SMILES string of the molecule is N#Cc1ccccc1CN1C(=O)N[C@H](Cc2c[nH]c3ccccc23)C1=O. The maximum Gasteiger partial charge on any atom is 0.325 e. The summed E-state index contributed by atoms with van der Waals surface area (Å²) in [6.07, 6.45) is 2.29. The minimum atomic E-state index is -0.601. The van der Waals surface area contributed by atoms with Gasteiger partial charge in [0.25, 0.3) is 5.91 Å². The van der Waals surface area contributed by atoms with E-state index in [4.69, 9.17) is 0 Å². The first-order valence-electron chi connectivity index (χ1n) is 8.32. The number of benzene rings is 2. The fraction of sp³-hybridized carbons (Fsp3) is 0.150. The molecule has 1 atom stereocenters. The van der Waals surface area contributed by atoms with Crippen LogP contribution in [0.15, 0.2) is 54.7 Å². The molecule has 3 amide bonds. The molecular formula is C20H16N4O2. The van der Waals surface area contributed by atoms with Crippen LogP contribution in [0.3, 0.4) is 0 Å². The number of carbonyl (C=O) groups is 2. The monoisotopic (exact) mass is 344 g/mol. The fourth-order valence-corrected chi connectivity index (χ4v) is 3.32. The highest BCUT2D eigenvalue weighted by molar-refractivity contribution is 6.04. The lowest BCUT2D eigenvalue weighted by atomic mass is 10.0. The van der Waals surface area contributed by atoms with E-state index in [1.54, 1.807) is 24.3 Å². The van der Waals surface area contributed by atoms with Gasteiger partial charge in [-0.15, -0.1) is 0 Å². The van der Waals surface area contributed by atoms with Crippen molar-refractivity contribution in [2.24, 2.45) is 0 Å². The number of carbonyl (C=O) groups excluding carboxylic acids is 2. The zero-order valence-corrected chi connectivity index (χ0v) is 13.9. The summed E-state index contributed by atoms with van der Waals surface area (Å²) in [6.45, 7) is 0.0960. The standard InChI is InChI=1S/C20H16N4O2/c21-10-13-5-1-2-6-14(13)12-24-19(25)18(23-20(24)26)9-15-11-22-17-8-4-3-7-16(15)17/h1-8,11,18,22H,9,12H2,(H,23,26)/t18-/m1/s1. The van der Waals surface area contributed by atoms with E-state index in [1.807, 2.05) is 30.5 Å². The van der Waals surface area contributed by atoms with Gasteiger partial charge in [0.05, 0.1) is 18.2 Å². The van der Waals surface area contributed by atoms with Crippen molar-refractivity contribution in [2.45, 2.75) is 19.0 Å². The average Bonchev–Trinajstić information content (AvgIpc) is 3.19. The van der Waals surface area contributed by atoms with Crippen molar-refractivity contribution in [1.82, 2.24) is 15.2 Å². The second-order valence-electron chi connectivity index (χ2n) is 6.26. The van der Waals surface area contributed by atoms with Crippen LogP contribution in [0, 0.1) is 11.3 Å². The smallest absolute Gasteiger partial charge is 0.325 e. The van der Waals surface area contributed by atoms with Gasteiger partial charge in [-0.3, -0.25) is 9.69 Å². The van der Waals surface area contributed by atoms with Crippen molar-refractivity contribution >= 4 is 22.8 Å². The Labute approximate surface area is 150 Å². The van der Waals surface area contributed by atoms with Gasteiger partial charge in [-0.1, -0.05) is 36.4 Å². The average molecular weight is 344 g/mol. The summed E-state index contributed by atoms with van der Waals surface area (Å²) in [5, 5.41) is 13.0. The number of amides is 3. The van der Waals surface area contributed by atoms with Gasteiger partial charge in [0, 0.05) is 23.5 Å². The number of para-hydroxylation sites is 1. The van der Waals surface area contributed by atoms with Crippen LogP contribution in [0.2, 0.25) is 0 Å². The predicted octanol–water partition coefficient (Wildman–Crippen LogP) is 2.70. The Kier molecular flexibility index (Phi) is 3.90. The Morgan fingerprint density at radius 3 is 2.65 bits per heavy atom. The van der Waals surface area contributed by atoms with E-state index >= 15 is 0 Å². The van der Waals surface area contributed by atoms with Crippen molar-refractivity contribution in [3.05, 3.63) is 71.4 Å². The first kappa shape index (κ1) is 15.9. The van der Waals surface area contributed by atoms with Gasteiger partial charge in [0.15, 0.2) is 0 Å². The normalized spacial score (nSPS) is 16.7. The van der Waals surface area contributed by atoms with Crippen molar-refractivity contribution in [3.63, 3.8) is 0 Å². The molecule has 1 fully saturated rings. The summed E-state index contributed by atoms with van der Waals surface area (Å²) < 4.78 is 0. The molecule has 3 aromatic rings. The van der Waals surface area contributed by atoms with Crippen molar-refractivity contribution in [1.29, 1.82) is 5.26 Å². The lowest BCUT2D eigenvalue weighted by molar-refractivity contribution is -0.127. The topological polar surface area (TPSA) is 89.0 Å². The van der Waals surface area contributed by atoms with Gasteiger partial charge < -0.3 is 10.3 Å². The molecule has 4 rings (SSSR count). The van der Waals surface area contributed by atoms with Crippen LogP contribution < -0.4 is 5.32 Å². The van der Waals surface area contributed by atoms with E-state index in [1.165, 1.54) is 4.90 Å². The molecule has 0 bridgehead atoms. The van der Waals surface area contributed by atoms with Gasteiger partial charge in [0.1, 0.15) is 6.04 Å². The predicted molar refractivity (Wildman–Crippen MR) is 96.0 cm³/mol. The molecule has 0 spiro atoms. The van der Waals surface area contributed by atoms with Crippen molar-refractivity contribution in [3.8, 4) is 6.07 Å². The lowest BCUT2D eigenvalue weighted by Crippen LogP contribution is -2.32. The first-order chi connectivity index (χ1) is 12.7. The molecule has 0 radical (unpaired) electrons. The highest BCUT2D eigenvalue weighted by atomic mass is 16.2. The number of hydrogen-bond donors (Lipinski definition) is 2. The Morgan fingerprint density at radius 1 is 1.04 bits per heavy atom. The Bertz CT molecular complexity index is 1050. The summed E-state index contributed by atoms with van der Waals surface area (Å²) in [7, 11) is 0. The molecule has 26 heavy (non-hydrogen) atoms. The molecule has 1 aliphatic heterocycles. The lowest BCUT2D eigenvalue weighted by Gasteiger charge is -2.14. The summed E-state index contributed by atoms with van der Waals surface area (Å²) in [4.78, 5) is 29.4. The third-order valence-electron chi connectivity index (χ3n) is 4.67. The summed E-state index contributed by atoms with van der Waals surface area (Å²) in [5.41, 5.74) is 3.11. The third kappa shape index (κ3) is 2.70. The minimum absolute atomic E-state index is 0.0960.